The summed E-state index contributed by atoms with van der Waals surface area (Å²) in [6.07, 6.45) is 0. The van der Waals surface area contributed by atoms with Crippen LogP contribution in [0.1, 0.15) is 6.92 Å². The Morgan fingerprint density at radius 3 is 2.70 bits per heavy atom. The molecule has 10 heavy (non-hydrogen) atoms. The lowest BCUT2D eigenvalue weighted by Gasteiger charge is -2.10. The number of amides is 1. The van der Waals surface area contributed by atoms with E-state index >= 15 is 0 Å². The van der Waals surface area contributed by atoms with Gasteiger partial charge in [0.25, 0.3) is 0 Å². The molecule has 0 heterocycles. The number of likely N-dealkylation sites (N-methyl/N-ethyl adjacent to an activating group) is 1. The molecule has 0 unspecified atom stereocenters. The second-order valence-electron chi connectivity index (χ2n) is 2.23. The molecular formula is C6H15N3O. The molecule has 0 aliphatic carbocycles. The van der Waals surface area contributed by atoms with Gasteiger partial charge < -0.3 is 16.4 Å². The highest BCUT2D eigenvalue weighted by molar-refractivity contribution is 5.78. The van der Waals surface area contributed by atoms with Crippen LogP contribution in [0.15, 0.2) is 0 Å². The molecule has 0 aromatic rings. The molecule has 4 nitrogen and oxygen atoms in total. The second kappa shape index (κ2) is 5.20. The molecule has 0 aromatic heterocycles. The number of rotatable bonds is 4. The highest BCUT2D eigenvalue weighted by Gasteiger charge is 2.02. The van der Waals surface area contributed by atoms with E-state index in [2.05, 4.69) is 10.6 Å². The summed E-state index contributed by atoms with van der Waals surface area (Å²) >= 11 is 0. The Kier molecular flexibility index (Phi) is 4.88. The van der Waals surface area contributed by atoms with Crippen molar-refractivity contribution in [1.29, 1.82) is 0 Å². The molecule has 4 N–H and O–H groups in total. The molecule has 0 spiro atoms. The normalized spacial score (nSPS) is 12.7. The predicted molar refractivity (Wildman–Crippen MR) is 40.6 cm³/mol. The van der Waals surface area contributed by atoms with Gasteiger partial charge in [-0.1, -0.05) is 0 Å². The zero-order valence-electron chi connectivity index (χ0n) is 6.48. The summed E-state index contributed by atoms with van der Waals surface area (Å²) < 4.78 is 0. The third-order valence-electron chi connectivity index (χ3n) is 1.10. The molecular weight excluding hydrogens is 130 g/mol. The summed E-state index contributed by atoms with van der Waals surface area (Å²) in [5.41, 5.74) is 5.28. The minimum absolute atomic E-state index is 0.0135. The van der Waals surface area contributed by atoms with E-state index in [1.54, 1.807) is 7.05 Å². The Balaban J connectivity index is 3.37. The van der Waals surface area contributed by atoms with Crippen molar-refractivity contribution in [3.8, 4) is 0 Å². The summed E-state index contributed by atoms with van der Waals surface area (Å²) in [4.78, 5) is 10.8. The van der Waals surface area contributed by atoms with Crippen LogP contribution in [-0.2, 0) is 4.79 Å². The molecule has 1 amide bonds. The lowest BCUT2D eigenvalue weighted by molar-refractivity contribution is -0.120. The van der Waals surface area contributed by atoms with Crippen molar-refractivity contribution in [2.45, 2.75) is 13.0 Å². The highest BCUT2D eigenvalue weighted by Crippen LogP contribution is 1.74. The van der Waals surface area contributed by atoms with Gasteiger partial charge in [0.15, 0.2) is 0 Å². The van der Waals surface area contributed by atoms with Crippen molar-refractivity contribution in [2.24, 2.45) is 5.73 Å². The zero-order valence-corrected chi connectivity index (χ0v) is 6.48. The fraction of sp³-hybridized carbons (Fsp3) is 0.833. The monoisotopic (exact) mass is 145 g/mol. The quantitative estimate of drug-likeness (QED) is 0.459. The van der Waals surface area contributed by atoms with Gasteiger partial charge in [-0.05, 0) is 14.0 Å². The first kappa shape index (κ1) is 9.39. The summed E-state index contributed by atoms with van der Waals surface area (Å²) in [6, 6.07) is 0.0702. The number of carbonyl (C=O) groups excluding carboxylic acids is 1. The summed E-state index contributed by atoms with van der Waals surface area (Å²) in [7, 11) is 1.73. The van der Waals surface area contributed by atoms with Gasteiger partial charge in [-0.2, -0.15) is 0 Å². The Labute approximate surface area is 61.2 Å². The first-order valence-electron chi connectivity index (χ1n) is 3.34. The molecule has 4 heteroatoms. The maximum Gasteiger partial charge on any atom is 0.234 e. The average Bonchev–Trinajstić information content (AvgIpc) is 1.88. The Morgan fingerprint density at radius 2 is 2.30 bits per heavy atom. The van der Waals surface area contributed by atoms with Crippen LogP contribution in [0.2, 0.25) is 0 Å². The lowest BCUT2D eigenvalue weighted by Crippen LogP contribution is -2.41. The fourth-order valence-corrected chi connectivity index (χ4v) is 0.545. The molecule has 1 atom stereocenters. The van der Waals surface area contributed by atoms with Crippen LogP contribution in [0, 0.1) is 0 Å². The van der Waals surface area contributed by atoms with Crippen LogP contribution in [0.5, 0.6) is 0 Å². The summed E-state index contributed by atoms with van der Waals surface area (Å²) in [6.45, 7) is 2.70. The summed E-state index contributed by atoms with van der Waals surface area (Å²) in [5, 5.41) is 5.45. The second-order valence-corrected chi connectivity index (χ2v) is 2.23. The number of hydrogen-bond donors (Lipinski definition) is 3. The van der Waals surface area contributed by atoms with Crippen LogP contribution in [0.25, 0.3) is 0 Å². The van der Waals surface area contributed by atoms with E-state index in [0.717, 1.165) is 0 Å². The van der Waals surface area contributed by atoms with Crippen LogP contribution >= 0.6 is 0 Å². The van der Waals surface area contributed by atoms with Crippen molar-refractivity contribution in [3.63, 3.8) is 0 Å². The molecule has 0 radical (unpaired) electrons. The van der Waals surface area contributed by atoms with Crippen LogP contribution in [0.3, 0.4) is 0 Å². The van der Waals surface area contributed by atoms with E-state index in [-0.39, 0.29) is 11.9 Å². The summed E-state index contributed by atoms with van der Waals surface area (Å²) in [5.74, 6) is -0.0135. The number of carbonyl (C=O) groups is 1. The van der Waals surface area contributed by atoms with Gasteiger partial charge in [0.05, 0.1) is 6.54 Å². The van der Waals surface area contributed by atoms with E-state index in [4.69, 9.17) is 5.73 Å². The van der Waals surface area contributed by atoms with Crippen molar-refractivity contribution in [3.05, 3.63) is 0 Å². The Morgan fingerprint density at radius 1 is 1.70 bits per heavy atom. The van der Waals surface area contributed by atoms with E-state index < -0.39 is 0 Å². The van der Waals surface area contributed by atoms with E-state index in [0.29, 0.717) is 13.1 Å². The van der Waals surface area contributed by atoms with Crippen LogP contribution in [0.4, 0.5) is 0 Å². The Hall–Kier alpha value is -0.610. The van der Waals surface area contributed by atoms with Gasteiger partial charge in [-0.15, -0.1) is 0 Å². The van der Waals surface area contributed by atoms with Gasteiger partial charge >= 0.3 is 0 Å². The van der Waals surface area contributed by atoms with Gasteiger partial charge in [0.1, 0.15) is 0 Å². The molecule has 0 aliphatic heterocycles. The maximum absolute atomic E-state index is 10.8. The van der Waals surface area contributed by atoms with Crippen molar-refractivity contribution < 1.29 is 4.79 Å². The minimum Gasteiger partial charge on any atom is -0.351 e. The van der Waals surface area contributed by atoms with E-state index in [9.17, 15) is 4.79 Å². The van der Waals surface area contributed by atoms with Crippen LogP contribution in [-0.4, -0.2) is 32.1 Å². The molecule has 0 aliphatic rings. The third kappa shape index (κ3) is 4.29. The van der Waals surface area contributed by atoms with E-state index in [1.165, 1.54) is 0 Å². The third-order valence-corrected chi connectivity index (χ3v) is 1.10. The van der Waals surface area contributed by atoms with Gasteiger partial charge in [0.2, 0.25) is 5.91 Å². The predicted octanol–water partition coefficient (Wildman–Crippen LogP) is -1.33. The van der Waals surface area contributed by atoms with Gasteiger partial charge in [0, 0.05) is 12.6 Å². The SMILES string of the molecule is CNCC(=O)N[C@H](C)CN. The number of nitrogens with one attached hydrogen (secondary N) is 2. The standard InChI is InChI=1S/C6H15N3O/c1-5(3-7)9-6(10)4-8-2/h5,8H,3-4,7H2,1-2H3,(H,9,10)/t5-/m1/s1. The van der Waals surface area contributed by atoms with Crippen molar-refractivity contribution in [2.75, 3.05) is 20.1 Å². The van der Waals surface area contributed by atoms with Gasteiger partial charge in [-0.3, -0.25) is 4.79 Å². The molecule has 60 valence electrons. The minimum atomic E-state index is -0.0135. The Bertz CT molecular complexity index is 105. The molecule has 0 fully saturated rings. The molecule has 0 saturated heterocycles. The number of hydrogen-bond acceptors (Lipinski definition) is 3. The van der Waals surface area contributed by atoms with Gasteiger partial charge in [-0.25, -0.2) is 0 Å². The fourth-order valence-electron chi connectivity index (χ4n) is 0.545. The largest absolute Gasteiger partial charge is 0.351 e. The zero-order chi connectivity index (χ0) is 7.98. The maximum atomic E-state index is 10.8. The molecule has 0 bridgehead atoms. The number of nitrogens with two attached hydrogens (primary N) is 1. The highest BCUT2D eigenvalue weighted by atomic mass is 16.1. The van der Waals surface area contributed by atoms with Crippen molar-refractivity contribution in [1.82, 2.24) is 10.6 Å². The molecule has 0 rings (SSSR count). The van der Waals surface area contributed by atoms with E-state index in [1.807, 2.05) is 6.92 Å². The lowest BCUT2D eigenvalue weighted by atomic mass is 10.3. The average molecular weight is 145 g/mol. The molecule has 0 saturated carbocycles. The first-order chi connectivity index (χ1) is 4.70. The van der Waals surface area contributed by atoms with Crippen LogP contribution < -0.4 is 16.4 Å². The topological polar surface area (TPSA) is 67.2 Å². The smallest absolute Gasteiger partial charge is 0.234 e. The first-order valence-corrected chi connectivity index (χ1v) is 3.34. The molecule has 0 aromatic carbocycles. The van der Waals surface area contributed by atoms with Crippen molar-refractivity contribution >= 4 is 5.91 Å².